The van der Waals surface area contributed by atoms with E-state index < -0.39 is 0 Å². The van der Waals surface area contributed by atoms with Crippen LogP contribution in [0.15, 0.2) is 73.1 Å². The fourth-order valence-electron chi connectivity index (χ4n) is 2.37. The Kier molecular flexibility index (Phi) is 9.63. The average Bonchev–Trinajstić information content (AvgIpc) is 2.71. The maximum absolute atomic E-state index is 4.24. The summed E-state index contributed by atoms with van der Waals surface area (Å²) < 4.78 is 0. The van der Waals surface area contributed by atoms with Gasteiger partial charge in [0.15, 0.2) is 0 Å². The summed E-state index contributed by atoms with van der Waals surface area (Å²) in [5.41, 5.74) is 4.69. The summed E-state index contributed by atoms with van der Waals surface area (Å²) in [6.07, 6.45) is 3.64. The van der Waals surface area contributed by atoms with Crippen LogP contribution in [0.25, 0.3) is 21.8 Å². The van der Waals surface area contributed by atoms with Gasteiger partial charge in [0, 0.05) is 23.2 Å². The van der Waals surface area contributed by atoms with Gasteiger partial charge in [0.05, 0.1) is 11.0 Å². The van der Waals surface area contributed by atoms with Crippen molar-refractivity contribution in [3.8, 4) is 0 Å². The van der Waals surface area contributed by atoms with Gasteiger partial charge in [0.25, 0.3) is 0 Å². The first-order chi connectivity index (χ1) is 12.7. The molecule has 0 aliphatic carbocycles. The van der Waals surface area contributed by atoms with E-state index in [0.717, 1.165) is 11.0 Å². The minimum absolute atomic E-state index is 1.07. The zero-order chi connectivity index (χ0) is 19.4. The van der Waals surface area contributed by atoms with E-state index in [1.54, 1.807) is 0 Å². The van der Waals surface area contributed by atoms with Crippen molar-refractivity contribution in [2.24, 2.45) is 0 Å². The summed E-state index contributed by atoms with van der Waals surface area (Å²) in [7, 11) is 0. The molecule has 0 aliphatic heterocycles. The lowest BCUT2D eigenvalue weighted by atomic mass is 10.1. The molecule has 2 aromatic carbocycles. The monoisotopic (exact) mass is 346 g/mol. The molecule has 0 spiro atoms. The number of benzene rings is 2. The van der Waals surface area contributed by atoms with E-state index in [-0.39, 0.29) is 0 Å². The van der Waals surface area contributed by atoms with Gasteiger partial charge >= 0.3 is 0 Å². The lowest BCUT2D eigenvalue weighted by molar-refractivity contribution is 1.39. The maximum Gasteiger partial charge on any atom is 0.0704 e. The molecule has 4 aromatic rings. The van der Waals surface area contributed by atoms with Crippen molar-refractivity contribution in [3.63, 3.8) is 0 Å². The number of hydrogen-bond donors (Lipinski definition) is 0. The van der Waals surface area contributed by atoms with Crippen molar-refractivity contribution < 1.29 is 0 Å². The van der Waals surface area contributed by atoms with Crippen LogP contribution < -0.4 is 0 Å². The summed E-state index contributed by atoms with van der Waals surface area (Å²) >= 11 is 0. The topological polar surface area (TPSA) is 25.8 Å². The van der Waals surface area contributed by atoms with Crippen LogP contribution >= 0.6 is 0 Å². The van der Waals surface area contributed by atoms with Crippen LogP contribution in [0.4, 0.5) is 0 Å². The van der Waals surface area contributed by atoms with Crippen LogP contribution in [0.1, 0.15) is 38.8 Å². The molecule has 26 heavy (non-hydrogen) atoms. The molecule has 2 heteroatoms. The third-order valence-electron chi connectivity index (χ3n) is 3.52. The molecule has 0 aliphatic rings. The van der Waals surface area contributed by atoms with E-state index in [9.17, 15) is 0 Å². The smallest absolute Gasteiger partial charge is 0.0704 e. The summed E-state index contributed by atoms with van der Waals surface area (Å²) in [6.45, 7) is 12.2. The van der Waals surface area contributed by atoms with Crippen molar-refractivity contribution in [2.75, 3.05) is 0 Å². The Morgan fingerprint density at radius 3 is 1.77 bits per heavy atom. The van der Waals surface area contributed by atoms with E-state index in [4.69, 9.17) is 0 Å². The first-order valence-electron chi connectivity index (χ1n) is 9.35. The van der Waals surface area contributed by atoms with Crippen LogP contribution in [-0.4, -0.2) is 9.97 Å². The molecule has 2 heterocycles. The largest absolute Gasteiger partial charge is 0.256 e. The lowest BCUT2D eigenvalue weighted by Gasteiger charge is -1.95. The zero-order valence-corrected chi connectivity index (χ0v) is 16.8. The SMILES string of the molecule is CC.CC.Cc1ccc2cccnc2c1.Cc1ccc2ncccc2c1. The first kappa shape index (κ1) is 21.3. The van der Waals surface area contributed by atoms with E-state index in [1.165, 1.54) is 21.9 Å². The quantitative estimate of drug-likeness (QED) is 0.338. The number of fused-ring (bicyclic) bond motifs is 2. The maximum atomic E-state index is 4.24. The summed E-state index contributed by atoms with van der Waals surface area (Å²) in [4.78, 5) is 8.46. The van der Waals surface area contributed by atoms with Crippen molar-refractivity contribution in [1.29, 1.82) is 0 Å². The van der Waals surface area contributed by atoms with Gasteiger partial charge in [-0.3, -0.25) is 9.97 Å². The minimum Gasteiger partial charge on any atom is -0.256 e. The Morgan fingerprint density at radius 1 is 0.538 bits per heavy atom. The van der Waals surface area contributed by atoms with Gasteiger partial charge in [-0.1, -0.05) is 63.6 Å². The normalized spacial score (nSPS) is 9.15. The van der Waals surface area contributed by atoms with Crippen LogP contribution in [-0.2, 0) is 0 Å². The third-order valence-corrected chi connectivity index (χ3v) is 3.52. The number of aromatic nitrogens is 2. The lowest BCUT2D eigenvalue weighted by Crippen LogP contribution is -1.77. The first-order valence-corrected chi connectivity index (χ1v) is 9.35. The summed E-state index contributed by atoms with van der Waals surface area (Å²) in [6, 6.07) is 20.6. The average molecular weight is 347 g/mol. The second kappa shape index (κ2) is 11.8. The minimum atomic E-state index is 1.07. The van der Waals surface area contributed by atoms with Crippen molar-refractivity contribution in [3.05, 3.63) is 84.2 Å². The molecule has 0 N–H and O–H groups in total. The highest BCUT2D eigenvalue weighted by Gasteiger charge is 1.91. The second-order valence-electron chi connectivity index (χ2n) is 5.40. The fraction of sp³-hybridized carbons (Fsp3) is 0.250. The van der Waals surface area contributed by atoms with Gasteiger partial charge in [0.2, 0.25) is 0 Å². The molecule has 136 valence electrons. The summed E-state index contributed by atoms with van der Waals surface area (Å²) in [5, 5.41) is 2.42. The molecule has 0 unspecified atom stereocenters. The predicted octanol–water partition coefficient (Wildman–Crippen LogP) is 7.14. The third kappa shape index (κ3) is 6.29. The molecule has 0 radical (unpaired) electrons. The second-order valence-corrected chi connectivity index (χ2v) is 5.40. The van der Waals surface area contributed by atoms with Crippen LogP contribution in [0.3, 0.4) is 0 Å². The van der Waals surface area contributed by atoms with E-state index in [1.807, 2.05) is 58.3 Å². The molecule has 0 amide bonds. The van der Waals surface area contributed by atoms with Crippen LogP contribution in [0, 0.1) is 13.8 Å². The molecule has 0 fully saturated rings. The Bertz CT molecular complexity index is 836. The number of nitrogens with zero attached hydrogens (tertiary/aromatic N) is 2. The Labute approximate surface area is 157 Å². The number of hydrogen-bond acceptors (Lipinski definition) is 2. The Morgan fingerprint density at radius 2 is 1.08 bits per heavy atom. The van der Waals surface area contributed by atoms with Crippen LogP contribution in [0.2, 0.25) is 0 Å². The molecular weight excluding hydrogens is 316 g/mol. The van der Waals surface area contributed by atoms with Crippen molar-refractivity contribution >= 4 is 21.8 Å². The predicted molar refractivity (Wildman–Crippen MR) is 116 cm³/mol. The molecule has 2 nitrogen and oxygen atoms in total. The number of aryl methyl sites for hydroxylation is 2. The highest BCUT2D eigenvalue weighted by molar-refractivity contribution is 5.79. The highest BCUT2D eigenvalue weighted by atomic mass is 14.6. The van der Waals surface area contributed by atoms with E-state index >= 15 is 0 Å². The molecule has 0 atom stereocenters. The van der Waals surface area contributed by atoms with Gasteiger partial charge in [-0.2, -0.15) is 0 Å². The molecule has 0 bridgehead atoms. The van der Waals surface area contributed by atoms with Crippen molar-refractivity contribution in [1.82, 2.24) is 9.97 Å². The number of pyridine rings is 2. The molecule has 0 saturated heterocycles. The van der Waals surface area contributed by atoms with Gasteiger partial charge in [-0.25, -0.2) is 0 Å². The van der Waals surface area contributed by atoms with E-state index in [2.05, 4.69) is 66.3 Å². The van der Waals surface area contributed by atoms with Crippen LogP contribution in [0.5, 0.6) is 0 Å². The molecular formula is C24H30N2. The molecule has 4 rings (SSSR count). The Balaban J connectivity index is 0.000000219. The molecule has 2 aromatic heterocycles. The van der Waals surface area contributed by atoms with E-state index in [0.29, 0.717) is 0 Å². The van der Waals surface area contributed by atoms with Gasteiger partial charge in [0.1, 0.15) is 0 Å². The van der Waals surface area contributed by atoms with Crippen molar-refractivity contribution in [2.45, 2.75) is 41.5 Å². The number of rotatable bonds is 0. The zero-order valence-electron chi connectivity index (χ0n) is 16.8. The summed E-state index contributed by atoms with van der Waals surface area (Å²) in [5.74, 6) is 0. The Hall–Kier alpha value is -2.74. The van der Waals surface area contributed by atoms with Gasteiger partial charge in [-0.05, 0) is 49.7 Å². The fourth-order valence-corrected chi connectivity index (χ4v) is 2.37. The molecule has 0 saturated carbocycles. The van der Waals surface area contributed by atoms with Gasteiger partial charge in [-0.15, -0.1) is 0 Å². The standard InChI is InChI=1S/2C10H9N.2C2H6/c1-8-4-5-10-9(7-8)3-2-6-11-10;1-8-4-5-9-3-2-6-11-10(9)7-8;2*1-2/h2*2-7H,1H3;2*1-2H3. The highest BCUT2D eigenvalue weighted by Crippen LogP contribution is 2.12. The van der Waals surface area contributed by atoms with Gasteiger partial charge < -0.3 is 0 Å².